The summed E-state index contributed by atoms with van der Waals surface area (Å²) in [6.07, 6.45) is 2.05. The molecule has 39 heavy (non-hydrogen) atoms. The summed E-state index contributed by atoms with van der Waals surface area (Å²) in [5, 5.41) is 6.50. The Morgan fingerprint density at radius 3 is 2.41 bits per heavy atom. The van der Waals surface area contributed by atoms with Gasteiger partial charge in [0.25, 0.3) is 0 Å². The highest BCUT2D eigenvalue weighted by Crippen LogP contribution is 2.51. The summed E-state index contributed by atoms with van der Waals surface area (Å²) in [6.45, 7) is 18.8. The smallest absolute Gasteiger partial charge is 0.317 e. The van der Waals surface area contributed by atoms with Crippen LogP contribution in [0.15, 0.2) is 58.5 Å². The zero-order valence-corrected chi connectivity index (χ0v) is 26.9. The number of hydrogen-bond acceptors (Lipinski definition) is 3. The lowest BCUT2D eigenvalue weighted by Crippen LogP contribution is -2.56. The number of carbonyl (C=O) groups is 1. The molecule has 5 rings (SSSR count). The van der Waals surface area contributed by atoms with Crippen LogP contribution in [-0.4, -0.2) is 67.1 Å². The minimum Gasteiger partial charge on any atom is -0.363 e. The Hall–Kier alpha value is -2.22. The Morgan fingerprint density at radius 1 is 1.08 bits per heavy atom. The average molecular weight is 563 g/mol. The van der Waals surface area contributed by atoms with Gasteiger partial charge >= 0.3 is 6.03 Å². The number of aromatic nitrogens is 1. The number of piperidine rings is 1. The van der Waals surface area contributed by atoms with E-state index in [0.29, 0.717) is 12.0 Å². The summed E-state index contributed by atoms with van der Waals surface area (Å²) in [6, 6.07) is 18.6. The van der Waals surface area contributed by atoms with Gasteiger partial charge in [0.1, 0.15) is 0 Å². The van der Waals surface area contributed by atoms with Gasteiger partial charge < -0.3 is 19.3 Å². The van der Waals surface area contributed by atoms with Crippen LogP contribution in [0.5, 0.6) is 0 Å². The van der Waals surface area contributed by atoms with Gasteiger partial charge in [-0.25, -0.2) is 4.79 Å². The second-order valence-electron chi connectivity index (χ2n) is 13.0. The fourth-order valence-electron chi connectivity index (χ4n) is 6.57. The van der Waals surface area contributed by atoms with Crippen molar-refractivity contribution in [2.75, 3.05) is 26.7 Å². The minimum atomic E-state index is -1.94. The first kappa shape index (κ1) is 28.3. The van der Waals surface area contributed by atoms with E-state index >= 15 is 0 Å². The number of hydrogen-bond donors (Lipinski definition) is 1. The fourth-order valence-corrected chi connectivity index (χ4v) is 10.5. The molecule has 0 radical (unpaired) electrons. The molecular formula is C32H46N4OSSi. The molecule has 3 aromatic rings. The van der Waals surface area contributed by atoms with Crippen LogP contribution in [0.1, 0.15) is 58.1 Å². The van der Waals surface area contributed by atoms with Crippen molar-refractivity contribution in [2.45, 2.75) is 93.5 Å². The highest BCUT2D eigenvalue weighted by molar-refractivity contribution is 7.99. The van der Waals surface area contributed by atoms with E-state index in [-0.39, 0.29) is 17.1 Å². The molecule has 1 N–H and O–H groups in total. The number of nitrogens with zero attached hydrogens (tertiary/aromatic N) is 3. The van der Waals surface area contributed by atoms with Crippen molar-refractivity contribution < 1.29 is 4.79 Å². The first-order valence-electron chi connectivity index (χ1n) is 14.6. The van der Waals surface area contributed by atoms with Crippen molar-refractivity contribution in [1.82, 2.24) is 19.3 Å². The second-order valence-corrected chi connectivity index (χ2v) is 19.1. The lowest BCUT2D eigenvalue weighted by Gasteiger charge is -2.46. The number of urea groups is 1. The maximum absolute atomic E-state index is 12.9. The normalized spacial score (nSPS) is 21.6. The molecular weight excluding hydrogens is 517 g/mol. The van der Waals surface area contributed by atoms with Crippen LogP contribution < -0.4 is 5.32 Å². The molecule has 2 amide bonds. The van der Waals surface area contributed by atoms with Gasteiger partial charge in [0.15, 0.2) is 8.24 Å². The van der Waals surface area contributed by atoms with E-state index in [4.69, 9.17) is 0 Å². The first-order chi connectivity index (χ1) is 18.5. The zero-order valence-electron chi connectivity index (χ0n) is 25.0. The molecule has 1 aliphatic carbocycles. The molecule has 7 heteroatoms. The standard InChI is InChI=1S/C32H46N4OSSi/c1-9-35(10-2)31(37)33-22-19-25-24-17-14-18-27-29(24)26(20-28(25)34(6)21-22)30(38-23-15-12-11-13-16-23)36(27)39(7,8)32(3,4)5/h11-18,22,25,28H,9-10,19-21H2,1-8H3,(H,33,37)/t22-,25?,28+/m0/s1. The third-order valence-corrected chi connectivity index (χ3v) is 16.2. The highest BCUT2D eigenvalue weighted by Gasteiger charge is 2.45. The van der Waals surface area contributed by atoms with Crippen LogP contribution in [-0.2, 0) is 6.42 Å². The fraction of sp³-hybridized carbons (Fsp3) is 0.531. The minimum absolute atomic E-state index is 0.0668. The van der Waals surface area contributed by atoms with Crippen LogP contribution in [0.4, 0.5) is 4.79 Å². The molecule has 5 nitrogen and oxygen atoms in total. The van der Waals surface area contributed by atoms with Crippen molar-refractivity contribution in [3.8, 4) is 0 Å². The van der Waals surface area contributed by atoms with E-state index in [9.17, 15) is 4.79 Å². The van der Waals surface area contributed by atoms with E-state index in [2.05, 4.69) is 104 Å². The Bertz CT molecular complexity index is 1340. The van der Waals surface area contributed by atoms with Crippen molar-refractivity contribution >= 4 is 36.9 Å². The third kappa shape index (κ3) is 4.95. The van der Waals surface area contributed by atoms with Gasteiger partial charge in [0.05, 0.1) is 5.03 Å². The van der Waals surface area contributed by atoms with E-state index in [1.54, 1.807) is 0 Å². The van der Waals surface area contributed by atoms with Gasteiger partial charge in [-0.2, -0.15) is 0 Å². The Kier molecular flexibility index (Phi) is 7.72. The monoisotopic (exact) mass is 562 g/mol. The summed E-state index contributed by atoms with van der Waals surface area (Å²) in [5.74, 6) is 0.409. The molecule has 2 aromatic carbocycles. The van der Waals surface area contributed by atoms with Crippen LogP contribution in [0.25, 0.3) is 10.9 Å². The lowest BCUT2D eigenvalue weighted by atomic mass is 9.74. The van der Waals surface area contributed by atoms with Gasteiger partial charge in [0.2, 0.25) is 0 Å². The SMILES string of the molecule is CCN(CC)C(=O)N[C@H]1CC2c3cccc4c3c(c(Sc3ccccc3)n4[Si](C)(C)C(C)(C)C)C[C@H]2N(C)C1. The quantitative estimate of drug-likeness (QED) is 0.318. The molecule has 0 saturated carbocycles. The third-order valence-electron chi connectivity index (χ3n) is 9.70. The summed E-state index contributed by atoms with van der Waals surface area (Å²) >= 11 is 1.95. The van der Waals surface area contributed by atoms with E-state index in [0.717, 1.165) is 32.5 Å². The van der Waals surface area contributed by atoms with Crippen LogP contribution in [0.2, 0.25) is 18.1 Å². The first-order valence-corrected chi connectivity index (χ1v) is 18.4. The van der Waals surface area contributed by atoms with E-state index in [1.165, 1.54) is 32.0 Å². The maximum atomic E-state index is 12.9. The van der Waals surface area contributed by atoms with Gasteiger partial charge in [-0.15, -0.1) is 0 Å². The molecule has 3 atom stereocenters. The number of fused-ring (bicyclic) bond motifs is 2. The van der Waals surface area contributed by atoms with Crippen molar-refractivity contribution in [1.29, 1.82) is 0 Å². The molecule has 0 bridgehead atoms. The number of nitrogens with one attached hydrogen (secondary N) is 1. The lowest BCUT2D eigenvalue weighted by molar-refractivity contribution is 0.123. The number of likely N-dealkylation sites (N-methyl/N-ethyl adjacent to an activating group) is 1. The molecule has 1 unspecified atom stereocenters. The second kappa shape index (κ2) is 10.6. The summed E-state index contributed by atoms with van der Waals surface area (Å²) in [5.41, 5.74) is 4.40. The summed E-state index contributed by atoms with van der Waals surface area (Å²) in [7, 11) is 0.320. The number of amides is 2. The van der Waals surface area contributed by atoms with Crippen molar-refractivity contribution in [3.63, 3.8) is 0 Å². The molecule has 1 aliphatic heterocycles. The predicted molar refractivity (Wildman–Crippen MR) is 168 cm³/mol. The highest BCUT2D eigenvalue weighted by atomic mass is 32.2. The van der Waals surface area contributed by atoms with Crippen molar-refractivity contribution in [3.05, 3.63) is 59.7 Å². The molecule has 2 heterocycles. The average Bonchev–Trinajstić information content (AvgIpc) is 3.20. The largest absolute Gasteiger partial charge is 0.363 e. The van der Waals surface area contributed by atoms with Crippen LogP contribution in [0, 0.1) is 0 Å². The molecule has 0 spiro atoms. The van der Waals surface area contributed by atoms with Crippen LogP contribution in [0.3, 0.4) is 0 Å². The number of likely N-dealkylation sites (tertiary alicyclic amines) is 1. The Labute approximate surface area is 240 Å². The topological polar surface area (TPSA) is 40.5 Å². The molecule has 1 aromatic heterocycles. The predicted octanol–water partition coefficient (Wildman–Crippen LogP) is 7.41. The van der Waals surface area contributed by atoms with E-state index in [1.807, 2.05) is 30.5 Å². The number of carbonyl (C=O) groups excluding carboxylic acids is 1. The zero-order chi connectivity index (χ0) is 28.1. The molecule has 2 aliphatic rings. The summed E-state index contributed by atoms with van der Waals surface area (Å²) < 4.78 is 2.79. The van der Waals surface area contributed by atoms with Crippen molar-refractivity contribution in [2.24, 2.45) is 0 Å². The summed E-state index contributed by atoms with van der Waals surface area (Å²) in [4.78, 5) is 18.7. The maximum Gasteiger partial charge on any atom is 0.317 e. The van der Waals surface area contributed by atoms with Gasteiger partial charge in [-0.05, 0) is 68.1 Å². The number of benzene rings is 2. The molecule has 1 saturated heterocycles. The Balaban J connectivity index is 1.63. The van der Waals surface area contributed by atoms with Crippen LogP contribution >= 0.6 is 11.8 Å². The van der Waals surface area contributed by atoms with Gasteiger partial charge in [-0.1, -0.05) is 76.0 Å². The van der Waals surface area contributed by atoms with Gasteiger partial charge in [0, 0.05) is 53.4 Å². The Morgan fingerprint density at radius 2 is 1.77 bits per heavy atom. The molecule has 210 valence electrons. The van der Waals surface area contributed by atoms with Gasteiger partial charge in [-0.3, -0.25) is 0 Å². The molecule has 1 fully saturated rings. The number of rotatable bonds is 6. The van der Waals surface area contributed by atoms with E-state index < -0.39 is 8.24 Å².